The zero-order chi connectivity index (χ0) is 53.8. The van der Waals surface area contributed by atoms with E-state index >= 15 is 0 Å². The first kappa shape index (κ1) is 57.5. The van der Waals surface area contributed by atoms with Gasteiger partial charge in [-0.05, 0) is 36.8 Å². The lowest BCUT2D eigenvalue weighted by Crippen LogP contribution is -2.64. The summed E-state index contributed by atoms with van der Waals surface area (Å²) in [5.74, 6) is -11.6. The van der Waals surface area contributed by atoms with Crippen molar-refractivity contribution < 1.29 is 103 Å². The molecular weight excluding hydrogens is 997 g/mol. The van der Waals surface area contributed by atoms with Gasteiger partial charge in [0.1, 0.15) is 54.2 Å². The largest absolute Gasteiger partial charge is 0.504 e. The lowest BCUT2D eigenvalue weighted by atomic mass is 9.96. The first-order valence-corrected chi connectivity index (χ1v) is 23.2. The predicted molar refractivity (Wildman–Crippen MR) is 244 cm³/mol. The van der Waals surface area contributed by atoms with Gasteiger partial charge in [0, 0.05) is 38.4 Å². The molecule has 3 saturated heterocycles. The van der Waals surface area contributed by atoms with Crippen molar-refractivity contribution in [1.82, 2.24) is 36.4 Å². The Bertz CT molecular complexity index is 2300. The predicted octanol–water partition coefficient (Wildman–Crippen LogP) is -6.16. The summed E-state index contributed by atoms with van der Waals surface area (Å²) in [6.45, 7) is 0.0553. The van der Waals surface area contributed by atoms with Crippen LogP contribution in [-0.4, -0.2) is 202 Å². The number of amides is 8. The number of ether oxygens (including phenoxy) is 1. The summed E-state index contributed by atoms with van der Waals surface area (Å²) in [6.07, 6.45) is -15.9. The fourth-order valence-corrected chi connectivity index (χ4v) is 8.60. The SMILES string of the molecule is CC(O)C1NC(=O)C(NC(=O)COc2ccccc2)CC(O)CNC(=O)C2C(O)C(C)CN2C(=O)C(C(O)CC(N)=O)NC(=O)C(C(O)C(O)c2ccc(O)c(OSOOO)c2)NC(=O)C2CC(O)CN2C1=O. The van der Waals surface area contributed by atoms with Crippen LogP contribution in [0.5, 0.6) is 17.2 Å². The second kappa shape index (κ2) is 26.0. The highest BCUT2D eigenvalue weighted by Crippen LogP contribution is 2.34. The molecule has 30 heteroatoms. The Labute approximate surface area is 419 Å². The molecule has 14 unspecified atom stereocenters. The molecule has 16 N–H and O–H groups in total. The van der Waals surface area contributed by atoms with Crippen LogP contribution in [-0.2, 0) is 47.7 Å². The third kappa shape index (κ3) is 14.8. The smallest absolute Gasteiger partial charge is 0.261 e. The van der Waals surface area contributed by atoms with Gasteiger partial charge in [0.05, 0.1) is 36.9 Å². The number of carbonyl (C=O) groups is 8. The van der Waals surface area contributed by atoms with Gasteiger partial charge in [0.25, 0.3) is 18.2 Å². The zero-order valence-corrected chi connectivity index (χ0v) is 39.8. The van der Waals surface area contributed by atoms with Crippen LogP contribution in [0, 0.1) is 5.92 Å². The number of aliphatic hydroxyl groups excluding tert-OH is 7. The van der Waals surface area contributed by atoms with Crippen LogP contribution in [0.1, 0.15) is 44.8 Å². The minimum Gasteiger partial charge on any atom is -0.504 e. The van der Waals surface area contributed by atoms with Crippen LogP contribution in [0.25, 0.3) is 0 Å². The van der Waals surface area contributed by atoms with E-state index in [0.29, 0.717) is 4.90 Å². The van der Waals surface area contributed by atoms with Gasteiger partial charge < -0.3 is 91.9 Å². The van der Waals surface area contributed by atoms with E-state index in [0.717, 1.165) is 30.0 Å². The van der Waals surface area contributed by atoms with Gasteiger partial charge in [-0.2, -0.15) is 0 Å². The molecule has 73 heavy (non-hydrogen) atoms. The molecule has 3 fully saturated rings. The summed E-state index contributed by atoms with van der Waals surface area (Å²) >= 11 is -0.0231. The average molecular weight is 1060 g/mol. The van der Waals surface area contributed by atoms with Crippen LogP contribution in [0.2, 0.25) is 0 Å². The molecule has 0 bridgehead atoms. The maximum absolute atomic E-state index is 14.5. The van der Waals surface area contributed by atoms with Crippen LogP contribution >= 0.6 is 12.3 Å². The van der Waals surface area contributed by atoms with E-state index < -0.39 is 189 Å². The van der Waals surface area contributed by atoms with Gasteiger partial charge in [0.15, 0.2) is 18.1 Å². The molecule has 0 spiro atoms. The Hall–Kier alpha value is -6.45. The number of aliphatic hydroxyl groups is 7. The average Bonchev–Trinajstić information content (AvgIpc) is 3.89. The van der Waals surface area contributed by atoms with Gasteiger partial charge >= 0.3 is 0 Å². The molecule has 3 heterocycles. The van der Waals surface area contributed by atoms with Crippen LogP contribution < -0.4 is 41.2 Å². The van der Waals surface area contributed by atoms with E-state index in [2.05, 4.69) is 36.0 Å². The van der Waals surface area contributed by atoms with E-state index in [-0.39, 0.29) is 23.6 Å². The number of β-amino-alcohol motifs (C(OH)–C–C–N with tert-alkyl or cyclic N) is 1. The van der Waals surface area contributed by atoms with Crippen molar-refractivity contribution in [3.05, 3.63) is 54.1 Å². The van der Waals surface area contributed by atoms with E-state index in [1.54, 1.807) is 18.2 Å². The molecule has 0 aliphatic carbocycles. The van der Waals surface area contributed by atoms with E-state index in [1.807, 2.05) is 0 Å². The number of nitrogens with zero attached hydrogens (tertiary/aromatic N) is 2. The van der Waals surface area contributed by atoms with Crippen molar-refractivity contribution in [2.75, 3.05) is 26.2 Å². The third-order valence-corrected chi connectivity index (χ3v) is 12.4. The monoisotopic (exact) mass is 1050 g/mol. The number of nitrogens with one attached hydrogen (secondary N) is 5. The summed E-state index contributed by atoms with van der Waals surface area (Å²) < 4.78 is 14.6. The van der Waals surface area contributed by atoms with Crippen molar-refractivity contribution in [1.29, 1.82) is 0 Å². The zero-order valence-electron chi connectivity index (χ0n) is 39.0. The highest BCUT2D eigenvalue weighted by molar-refractivity contribution is 7.90. The van der Waals surface area contributed by atoms with Gasteiger partial charge in [0.2, 0.25) is 41.4 Å². The first-order valence-electron chi connectivity index (χ1n) is 22.5. The summed E-state index contributed by atoms with van der Waals surface area (Å²) in [4.78, 5) is 112. The van der Waals surface area contributed by atoms with Crippen molar-refractivity contribution in [3.8, 4) is 17.2 Å². The fraction of sp³-hybridized carbons (Fsp3) is 0.535. The standard InChI is InChI=1S/C43H58N8O21S/c1-18-15-51-34(35(18)59)41(65)45-14-21(53)11-24(46-30(58)17-69-23-6-4-3-5-7-23)38(62)47-31(19(2)52)42(66)50-16-22(54)12-25(50)39(63)49-33(40(64)48-32(43(51)67)27(56)13-29(44)57)37(61)36(60)20-8-9-26(55)28(10-20)70-73-72-71-68/h3-10,18-19,21-22,24-25,27,31-37,52-56,59-61,68H,11-17H2,1-2H3,(H2,44,57)(H,45,65)(H,46,58)(H,47,62)(H,48,64)(H,49,63). The van der Waals surface area contributed by atoms with Crippen molar-refractivity contribution in [2.24, 2.45) is 11.7 Å². The van der Waals surface area contributed by atoms with Crippen molar-refractivity contribution in [2.45, 2.75) is 112 Å². The van der Waals surface area contributed by atoms with Crippen LogP contribution in [0.4, 0.5) is 0 Å². The van der Waals surface area contributed by atoms with Gasteiger partial charge in [-0.15, -0.1) is 0 Å². The molecule has 5 rings (SSSR count). The molecule has 29 nitrogen and oxygen atoms in total. The molecule has 3 aliphatic rings. The van der Waals surface area contributed by atoms with E-state index in [4.69, 9.17) is 19.9 Å². The highest BCUT2D eigenvalue weighted by Gasteiger charge is 2.50. The lowest BCUT2D eigenvalue weighted by Gasteiger charge is -2.34. The number of phenolic OH excluding ortho intramolecular Hbond substituents is 1. The Morgan fingerprint density at radius 3 is 2.15 bits per heavy atom. The first-order chi connectivity index (χ1) is 34.5. The number of aromatic hydroxyl groups is 1. The van der Waals surface area contributed by atoms with Crippen molar-refractivity contribution >= 4 is 59.6 Å². The van der Waals surface area contributed by atoms with E-state index in [1.165, 1.54) is 19.1 Å². The Morgan fingerprint density at radius 1 is 0.836 bits per heavy atom. The molecule has 0 saturated carbocycles. The number of primary amides is 1. The molecule has 2 aromatic carbocycles. The Morgan fingerprint density at radius 2 is 1.49 bits per heavy atom. The third-order valence-electron chi connectivity index (χ3n) is 12.1. The highest BCUT2D eigenvalue weighted by atomic mass is 32.2. The fourth-order valence-electron chi connectivity index (χ4n) is 8.34. The molecule has 0 aromatic heterocycles. The minimum atomic E-state index is -2.51. The number of phenols is 1. The maximum atomic E-state index is 14.5. The Balaban J connectivity index is 1.58. The number of nitrogens with two attached hydrogens (primary N) is 1. The summed E-state index contributed by atoms with van der Waals surface area (Å²) in [7, 11) is 0. The number of hydrogen-bond donors (Lipinski definition) is 15. The van der Waals surface area contributed by atoms with Crippen LogP contribution in [0.15, 0.2) is 48.5 Å². The number of rotatable bonds is 15. The quantitative estimate of drug-likeness (QED) is 0.0342. The number of fused-ring (bicyclic) bond motifs is 2. The molecule has 2 aromatic rings. The summed E-state index contributed by atoms with van der Waals surface area (Å²) in [5, 5.41) is 112. The summed E-state index contributed by atoms with van der Waals surface area (Å²) in [6, 6.07) is -1.21. The summed E-state index contributed by atoms with van der Waals surface area (Å²) in [5.41, 5.74) is 4.99. The topological polar surface area (TPSA) is 448 Å². The number of carbonyl (C=O) groups excluding carboxylic acids is 8. The lowest BCUT2D eigenvalue weighted by molar-refractivity contribution is -0.433. The minimum absolute atomic E-state index is 0.0231. The maximum Gasteiger partial charge on any atom is 0.261 e. The molecule has 8 amide bonds. The number of benzene rings is 2. The molecule has 0 radical (unpaired) electrons. The van der Waals surface area contributed by atoms with Gasteiger partial charge in [-0.25, -0.2) is 5.26 Å². The molecular formula is C43H58N8O21S. The molecule has 14 atom stereocenters. The normalized spacial score (nSPS) is 28.4. The number of hydrogen-bond acceptors (Lipinski definition) is 22. The number of para-hydroxylation sites is 1. The van der Waals surface area contributed by atoms with Gasteiger partial charge in [-0.1, -0.05) is 40.6 Å². The van der Waals surface area contributed by atoms with Crippen molar-refractivity contribution in [3.63, 3.8) is 0 Å². The van der Waals surface area contributed by atoms with Crippen LogP contribution in [0.3, 0.4) is 0 Å². The molecule has 3 aliphatic heterocycles. The van der Waals surface area contributed by atoms with Gasteiger partial charge in [-0.3, -0.25) is 38.4 Å². The Kier molecular flexibility index (Phi) is 20.4. The second-order valence-corrected chi connectivity index (χ2v) is 18.0. The second-order valence-electron chi connectivity index (χ2n) is 17.5. The molecule has 402 valence electrons. The van der Waals surface area contributed by atoms with E-state index in [9.17, 15) is 79.2 Å².